The number of hydrogen-bond acceptors (Lipinski definition) is 4. The fourth-order valence-electron chi connectivity index (χ4n) is 1.60. The molecule has 0 aliphatic rings. The fraction of sp³-hybridized carbons (Fsp3) is 0.0714. The molecule has 0 unspecified atom stereocenters. The topological polar surface area (TPSA) is 105 Å². The Balaban J connectivity index is 1.97. The van der Waals surface area contributed by atoms with Gasteiger partial charge in [0.15, 0.2) is 0 Å². The lowest BCUT2D eigenvalue weighted by Gasteiger charge is -2.06. The monoisotopic (exact) mass is 271 g/mol. The van der Waals surface area contributed by atoms with E-state index in [0.717, 1.165) is 5.56 Å². The first-order valence-electron chi connectivity index (χ1n) is 5.88. The molecular weight excluding hydrogens is 258 g/mol. The summed E-state index contributed by atoms with van der Waals surface area (Å²) in [5.41, 5.74) is 6.64. The van der Waals surface area contributed by atoms with Crippen molar-refractivity contribution in [2.45, 2.75) is 6.54 Å². The van der Waals surface area contributed by atoms with Gasteiger partial charge in [-0.2, -0.15) is 0 Å². The Labute approximate surface area is 115 Å². The number of carboxylic acid groups (broad SMARTS) is 1. The Bertz CT molecular complexity index is 564. The molecule has 1 aromatic heterocycles. The number of nitrogens with two attached hydrogens (primary N) is 1. The number of hydrogen-bond donors (Lipinski definition) is 3. The van der Waals surface area contributed by atoms with Gasteiger partial charge >= 0.3 is 5.97 Å². The average Bonchev–Trinajstić information content (AvgIpc) is 2.46. The van der Waals surface area contributed by atoms with Crippen LogP contribution in [0.2, 0.25) is 0 Å². The first-order chi connectivity index (χ1) is 9.56. The Morgan fingerprint density at radius 3 is 2.25 bits per heavy atom. The molecule has 0 radical (unpaired) electrons. The number of benzene rings is 1. The number of rotatable bonds is 5. The summed E-state index contributed by atoms with van der Waals surface area (Å²) >= 11 is 0. The van der Waals surface area contributed by atoms with E-state index in [2.05, 4.69) is 10.3 Å². The van der Waals surface area contributed by atoms with Gasteiger partial charge in [-0.15, -0.1) is 0 Å². The van der Waals surface area contributed by atoms with Crippen molar-refractivity contribution in [2.75, 3.05) is 5.32 Å². The van der Waals surface area contributed by atoms with Gasteiger partial charge in [0, 0.05) is 12.7 Å². The van der Waals surface area contributed by atoms with Gasteiger partial charge in [0.25, 0.3) is 0 Å². The molecule has 6 nitrogen and oxygen atoms in total. The Hall–Kier alpha value is -2.89. The van der Waals surface area contributed by atoms with E-state index >= 15 is 0 Å². The van der Waals surface area contributed by atoms with Crippen molar-refractivity contribution in [3.05, 3.63) is 59.3 Å². The van der Waals surface area contributed by atoms with Gasteiger partial charge in [0.05, 0.1) is 11.1 Å². The fourth-order valence-corrected chi connectivity index (χ4v) is 1.60. The molecule has 1 heterocycles. The lowest BCUT2D eigenvalue weighted by molar-refractivity contribution is 0.0696. The van der Waals surface area contributed by atoms with Gasteiger partial charge in [-0.3, -0.25) is 4.79 Å². The highest BCUT2D eigenvalue weighted by Crippen LogP contribution is 2.09. The van der Waals surface area contributed by atoms with Gasteiger partial charge in [-0.25, -0.2) is 9.78 Å². The van der Waals surface area contributed by atoms with Crippen molar-refractivity contribution in [2.24, 2.45) is 5.73 Å². The number of carbonyl (C=O) groups excluding carboxylic acids is 1. The van der Waals surface area contributed by atoms with E-state index in [1.54, 1.807) is 36.4 Å². The van der Waals surface area contributed by atoms with Gasteiger partial charge in [-0.1, -0.05) is 12.1 Å². The van der Waals surface area contributed by atoms with Crippen LogP contribution in [0.4, 0.5) is 5.82 Å². The van der Waals surface area contributed by atoms with Crippen LogP contribution >= 0.6 is 0 Å². The van der Waals surface area contributed by atoms with E-state index < -0.39 is 11.9 Å². The molecule has 0 saturated heterocycles. The van der Waals surface area contributed by atoms with Crippen molar-refractivity contribution in [3.63, 3.8) is 0 Å². The molecule has 0 aliphatic heterocycles. The maximum Gasteiger partial charge on any atom is 0.335 e. The van der Waals surface area contributed by atoms with Crippen LogP contribution in [0.1, 0.15) is 26.3 Å². The predicted molar refractivity (Wildman–Crippen MR) is 73.5 cm³/mol. The molecule has 6 heteroatoms. The average molecular weight is 271 g/mol. The van der Waals surface area contributed by atoms with E-state index in [-0.39, 0.29) is 5.56 Å². The highest BCUT2D eigenvalue weighted by Gasteiger charge is 2.03. The summed E-state index contributed by atoms with van der Waals surface area (Å²) in [6.45, 7) is 0.503. The van der Waals surface area contributed by atoms with Crippen LogP contribution in [0.5, 0.6) is 0 Å². The first-order valence-corrected chi connectivity index (χ1v) is 5.88. The van der Waals surface area contributed by atoms with E-state index in [4.69, 9.17) is 10.8 Å². The second-order valence-electron chi connectivity index (χ2n) is 4.15. The second-order valence-corrected chi connectivity index (χ2v) is 4.15. The number of nitrogens with one attached hydrogen (secondary N) is 1. The number of carboxylic acids is 1. The summed E-state index contributed by atoms with van der Waals surface area (Å²) in [6, 6.07) is 9.80. The van der Waals surface area contributed by atoms with Crippen molar-refractivity contribution in [3.8, 4) is 0 Å². The third-order valence-corrected chi connectivity index (χ3v) is 2.72. The third kappa shape index (κ3) is 3.32. The number of anilines is 1. The van der Waals surface area contributed by atoms with Gasteiger partial charge in [0.1, 0.15) is 5.82 Å². The van der Waals surface area contributed by atoms with Crippen molar-refractivity contribution in [1.29, 1.82) is 0 Å². The highest BCUT2D eigenvalue weighted by molar-refractivity contribution is 5.92. The predicted octanol–water partition coefficient (Wildman–Crippen LogP) is 1.49. The highest BCUT2D eigenvalue weighted by atomic mass is 16.4. The van der Waals surface area contributed by atoms with E-state index in [1.165, 1.54) is 6.20 Å². The molecule has 1 amide bonds. The van der Waals surface area contributed by atoms with Crippen LogP contribution in [0, 0.1) is 0 Å². The minimum atomic E-state index is -0.951. The van der Waals surface area contributed by atoms with Gasteiger partial charge < -0.3 is 16.2 Å². The van der Waals surface area contributed by atoms with E-state index in [1.807, 2.05) is 0 Å². The second kappa shape index (κ2) is 5.83. The Kier molecular flexibility index (Phi) is 3.95. The number of aromatic carboxylic acids is 1. The molecule has 4 N–H and O–H groups in total. The molecule has 0 spiro atoms. The maximum atomic E-state index is 10.9. The van der Waals surface area contributed by atoms with Gasteiger partial charge in [0.2, 0.25) is 5.91 Å². The van der Waals surface area contributed by atoms with Crippen LogP contribution in [0.3, 0.4) is 0 Å². The van der Waals surface area contributed by atoms with Crippen molar-refractivity contribution in [1.82, 2.24) is 4.98 Å². The molecular formula is C14H13N3O3. The molecule has 2 aromatic rings. The first kappa shape index (κ1) is 13.5. The number of aromatic nitrogens is 1. The van der Waals surface area contributed by atoms with E-state index in [0.29, 0.717) is 17.9 Å². The standard InChI is InChI=1S/C14H13N3O3/c15-13(18)11-5-6-12(17-8-11)16-7-9-1-3-10(4-2-9)14(19)20/h1-6,8H,7H2,(H2,15,18)(H,16,17)(H,19,20). The van der Waals surface area contributed by atoms with Crippen LogP contribution in [-0.4, -0.2) is 22.0 Å². The number of amides is 1. The van der Waals surface area contributed by atoms with E-state index in [9.17, 15) is 9.59 Å². The Morgan fingerprint density at radius 1 is 1.10 bits per heavy atom. The summed E-state index contributed by atoms with van der Waals surface area (Å²) < 4.78 is 0. The molecule has 0 bridgehead atoms. The molecule has 0 fully saturated rings. The summed E-state index contributed by atoms with van der Waals surface area (Å²) in [6.07, 6.45) is 1.40. The molecule has 2 rings (SSSR count). The Morgan fingerprint density at radius 2 is 1.75 bits per heavy atom. The lowest BCUT2D eigenvalue weighted by Crippen LogP contribution is -2.11. The molecule has 1 aromatic carbocycles. The number of primary amides is 1. The third-order valence-electron chi connectivity index (χ3n) is 2.72. The smallest absolute Gasteiger partial charge is 0.335 e. The number of nitrogens with zero attached hydrogens (tertiary/aromatic N) is 1. The number of pyridine rings is 1. The van der Waals surface area contributed by atoms with Crippen LogP contribution in [-0.2, 0) is 6.54 Å². The SMILES string of the molecule is NC(=O)c1ccc(NCc2ccc(C(=O)O)cc2)nc1. The zero-order chi connectivity index (χ0) is 14.5. The van der Waals surface area contributed by atoms with Crippen LogP contribution in [0.15, 0.2) is 42.6 Å². The maximum absolute atomic E-state index is 10.9. The molecule has 0 saturated carbocycles. The largest absolute Gasteiger partial charge is 0.478 e. The van der Waals surface area contributed by atoms with Crippen molar-refractivity contribution < 1.29 is 14.7 Å². The van der Waals surface area contributed by atoms with Gasteiger partial charge in [-0.05, 0) is 29.8 Å². The summed E-state index contributed by atoms with van der Waals surface area (Å²) in [5, 5.41) is 11.9. The zero-order valence-corrected chi connectivity index (χ0v) is 10.5. The zero-order valence-electron chi connectivity index (χ0n) is 10.5. The normalized spacial score (nSPS) is 10.0. The minimum absolute atomic E-state index is 0.248. The summed E-state index contributed by atoms with van der Waals surface area (Å²) in [5.74, 6) is -0.862. The van der Waals surface area contributed by atoms with Crippen LogP contribution in [0.25, 0.3) is 0 Å². The number of carbonyl (C=O) groups is 2. The lowest BCUT2D eigenvalue weighted by atomic mass is 10.1. The van der Waals surface area contributed by atoms with Crippen LogP contribution < -0.4 is 11.1 Å². The summed E-state index contributed by atoms with van der Waals surface area (Å²) in [4.78, 5) is 25.7. The molecule has 102 valence electrons. The molecule has 0 aliphatic carbocycles. The quantitative estimate of drug-likeness (QED) is 0.764. The molecule has 0 atom stereocenters. The van der Waals surface area contributed by atoms with Crippen molar-refractivity contribution >= 4 is 17.7 Å². The summed E-state index contributed by atoms with van der Waals surface area (Å²) in [7, 11) is 0. The molecule has 20 heavy (non-hydrogen) atoms. The minimum Gasteiger partial charge on any atom is -0.478 e.